The Morgan fingerprint density at radius 1 is 1.44 bits per heavy atom. The summed E-state index contributed by atoms with van der Waals surface area (Å²) in [5.41, 5.74) is 6.66. The lowest BCUT2D eigenvalue weighted by molar-refractivity contribution is 0.507. The predicted octanol–water partition coefficient (Wildman–Crippen LogP) is 3.76. The van der Waals surface area contributed by atoms with Crippen LogP contribution in [0.3, 0.4) is 0 Å². The largest absolute Gasteiger partial charge is 0.460 e. The number of halogens is 1. The molecule has 0 fully saturated rings. The molecular formula is C13H16ClNO. The molecule has 2 N–H and O–H groups in total. The number of fused-ring (bicyclic) bond motifs is 1. The van der Waals surface area contributed by atoms with Gasteiger partial charge in [-0.1, -0.05) is 30.7 Å². The van der Waals surface area contributed by atoms with Gasteiger partial charge in [-0.2, -0.15) is 0 Å². The molecule has 16 heavy (non-hydrogen) atoms. The van der Waals surface area contributed by atoms with Crippen LogP contribution in [0, 0.1) is 0 Å². The van der Waals surface area contributed by atoms with Gasteiger partial charge >= 0.3 is 0 Å². The number of nitrogens with two attached hydrogens (primary N) is 1. The Morgan fingerprint density at radius 2 is 2.25 bits per heavy atom. The summed E-state index contributed by atoms with van der Waals surface area (Å²) < 4.78 is 5.71. The molecule has 1 aromatic heterocycles. The number of hydrogen-bond donors (Lipinski definition) is 1. The van der Waals surface area contributed by atoms with Gasteiger partial charge in [-0.25, -0.2) is 0 Å². The Labute approximate surface area is 100 Å². The summed E-state index contributed by atoms with van der Waals surface area (Å²) in [4.78, 5) is 0. The number of benzene rings is 1. The van der Waals surface area contributed by atoms with E-state index in [1.54, 1.807) is 0 Å². The Hall–Kier alpha value is -0.990. The van der Waals surface area contributed by atoms with E-state index in [0.717, 1.165) is 36.0 Å². The van der Waals surface area contributed by atoms with E-state index in [1.807, 2.05) is 24.3 Å². The summed E-state index contributed by atoms with van der Waals surface area (Å²) >= 11 is 6.04. The van der Waals surface area contributed by atoms with E-state index in [9.17, 15) is 0 Å². The van der Waals surface area contributed by atoms with Crippen molar-refractivity contribution >= 4 is 22.6 Å². The molecule has 1 heterocycles. The van der Waals surface area contributed by atoms with E-state index in [0.29, 0.717) is 5.02 Å². The first kappa shape index (κ1) is 11.5. The van der Waals surface area contributed by atoms with Gasteiger partial charge in [0, 0.05) is 17.8 Å². The van der Waals surface area contributed by atoms with E-state index < -0.39 is 0 Å². The smallest absolute Gasteiger partial charge is 0.152 e. The van der Waals surface area contributed by atoms with Crippen LogP contribution in [0.15, 0.2) is 28.7 Å². The third-order valence-corrected chi connectivity index (χ3v) is 3.13. The second kappa shape index (κ2) is 4.89. The van der Waals surface area contributed by atoms with E-state index in [2.05, 4.69) is 6.92 Å². The highest BCUT2D eigenvalue weighted by atomic mass is 35.5. The molecule has 0 amide bonds. The van der Waals surface area contributed by atoms with Crippen LogP contribution in [0.5, 0.6) is 0 Å². The molecule has 0 saturated carbocycles. The predicted molar refractivity (Wildman–Crippen MR) is 67.8 cm³/mol. The van der Waals surface area contributed by atoms with Gasteiger partial charge in [0.05, 0.1) is 5.02 Å². The first-order valence-corrected chi connectivity index (χ1v) is 6.01. The molecule has 0 aliphatic carbocycles. The number of aryl methyl sites for hydroxylation is 1. The van der Waals surface area contributed by atoms with Crippen LogP contribution in [0.25, 0.3) is 11.0 Å². The normalized spacial score (nSPS) is 13.2. The standard InChI is InChI=1S/C13H16ClNO/c1-2-10(15)6-7-11-8-9-4-3-5-12(14)13(9)16-11/h3-5,8,10H,2,6-7,15H2,1H3. The van der Waals surface area contributed by atoms with E-state index >= 15 is 0 Å². The van der Waals surface area contributed by atoms with Crippen LogP contribution in [0.4, 0.5) is 0 Å². The fourth-order valence-electron chi connectivity index (χ4n) is 1.74. The quantitative estimate of drug-likeness (QED) is 0.880. The van der Waals surface area contributed by atoms with E-state index in [-0.39, 0.29) is 6.04 Å². The molecule has 1 unspecified atom stereocenters. The average molecular weight is 238 g/mol. The van der Waals surface area contributed by atoms with Gasteiger partial charge < -0.3 is 10.2 Å². The van der Waals surface area contributed by atoms with Crippen molar-refractivity contribution < 1.29 is 4.42 Å². The molecule has 0 spiro atoms. The van der Waals surface area contributed by atoms with E-state index in [1.165, 1.54) is 0 Å². The molecule has 0 saturated heterocycles. The molecular weight excluding hydrogens is 222 g/mol. The van der Waals surface area contributed by atoms with Crippen molar-refractivity contribution in [3.05, 3.63) is 35.0 Å². The van der Waals surface area contributed by atoms with Crippen LogP contribution < -0.4 is 5.73 Å². The molecule has 1 atom stereocenters. The van der Waals surface area contributed by atoms with Crippen LogP contribution in [-0.2, 0) is 6.42 Å². The molecule has 0 aliphatic heterocycles. The molecule has 2 nitrogen and oxygen atoms in total. The van der Waals surface area contributed by atoms with E-state index in [4.69, 9.17) is 21.8 Å². The third-order valence-electron chi connectivity index (χ3n) is 2.83. The van der Waals surface area contributed by atoms with Gasteiger partial charge in [0.2, 0.25) is 0 Å². The lowest BCUT2D eigenvalue weighted by Crippen LogP contribution is -2.18. The molecule has 2 rings (SSSR count). The summed E-state index contributed by atoms with van der Waals surface area (Å²) in [7, 11) is 0. The maximum absolute atomic E-state index is 6.04. The number of rotatable bonds is 4. The first-order chi connectivity index (χ1) is 7.70. The maximum Gasteiger partial charge on any atom is 0.152 e. The highest BCUT2D eigenvalue weighted by Crippen LogP contribution is 2.27. The summed E-state index contributed by atoms with van der Waals surface area (Å²) in [5, 5.41) is 1.73. The van der Waals surface area contributed by atoms with Crippen molar-refractivity contribution in [3.63, 3.8) is 0 Å². The summed E-state index contributed by atoms with van der Waals surface area (Å²) in [6, 6.07) is 8.08. The molecule has 86 valence electrons. The average Bonchev–Trinajstić information content (AvgIpc) is 2.70. The maximum atomic E-state index is 6.04. The van der Waals surface area contributed by atoms with Crippen LogP contribution in [-0.4, -0.2) is 6.04 Å². The zero-order valence-corrected chi connectivity index (χ0v) is 10.1. The molecule has 3 heteroatoms. The summed E-state index contributed by atoms with van der Waals surface area (Å²) in [6.45, 7) is 2.10. The fraction of sp³-hybridized carbons (Fsp3) is 0.385. The second-order valence-electron chi connectivity index (χ2n) is 4.08. The van der Waals surface area contributed by atoms with Gasteiger partial charge in [-0.3, -0.25) is 0 Å². The second-order valence-corrected chi connectivity index (χ2v) is 4.49. The zero-order valence-electron chi connectivity index (χ0n) is 9.37. The van der Waals surface area contributed by atoms with Crippen LogP contribution in [0.1, 0.15) is 25.5 Å². The zero-order chi connectivity index (χ0) is 11.5. The lowest BCUT2D eigenvalue weighted by atomic mass is 10.1. The monoisotopic (exact) mass is 237 g/mol. The van der Waals surface area contributed by atoms with Crippen molar-refractivity contribution in [3.8, 4) is 0 Å². The minimum absolute atomic E-state index is 0.253. The lowest BCUT2D eigenvalue weighted by Gasteiger charge is -2.05. The minimum Gasteiger partial charge on any atom is -0.460 e. The van der Waals surface area contributed by atoms with Gasteiger partial charge in [-0.05, 0) is 25.0 Å². The Kier molecular flexibility index (Phi) is 3.52. The van der Waals surface area contributed by atoms with Crippen molar-refractivity contribution in [1.29, 1.82) is 0 Å². The van der Waals surface area contributed by atoms with Gasteiger partial charge in [-0.15, -0.1) is 0 Å². The van der Waals surface area contributed by atoms with Gasteiger partial charge in [0.25, 0.3) is 0 Å². The summed E-state index contributed by atoms with van der Waals surface area (Å²) in [6.07, 6.45) is 2.83. The molecule has 0 radical (unpaired) electrons. The highest BCUT2D eigenvalue weighted by Gasteiger charge is 2.08. The number of hydrogen-bond acceptors (Lipinski definition) is 2. The number of furan rings is 1. The topological polar surface area (TPSA) is 39.2 Å². The van der Waals surface area contributed by atoms with Gasteiger partial charge in [0.15, 0.2) is 5.58 Å². The first-order valence-electron chi connectivity index (χ1n) is 5.63. The van der Waals surface area contributed by atoms with Gasteiger partial charge in [0.1, 0.15) is 5.76 Å². The van der Waals surface area contributed by atoms with Crippen LogP contribution in [0.2, 0.25) is 5.02 Å². The Morgan fingerprint density at radius 3 is 2.94 bits per heavy atom. The van der Waals surface area contributed by atoms with Crippen molar-refractivity contribution in [2.45, 2.75) is 32.2 Å². The Bertz CT molecular complexity index is 478. The Balaban J connectivity index is 2.17. The van der Waals surface area contributed by atoms with Crippen LogP contribution >= 0.6 is 11.6 Å². The molecule has 0 aliphatic rings. The van der Waals surface area contributed by atoms with Crippen molar-refractivity contribution in [2.75, 3.05) is 0 Å². The molecule has 0 bridgehead atoms. The summed E-state index contributed by atoms with van der Waals surface area (Å²) in [5.74, 6) is 0.965. The van der Waals surface area contributed by atoms with Crippen molar-refractivity contribution in [2.24, 2.45) is 5.73 Å². The third kappa shape index (κ3) is 2.39. The number of para-hydroxylation sites is 1. The minimum atomic E-state index is 0.253. The molecule has 1 aromatic carbocycles. The molecule has 2 aromatic rings. The van der Waals surface area contributed by atoms with Crippen molar-refractivity contribution in [1.82, 2.24) is 0 Å². The SMILES string of the molecule is CCC(N)CCc1cc2cccc(Cl)c2o1. The fourth-order valence-corrected chi connectivity index (χ4v) is 1.96. The highest BCUT2D eigenvalue weighted by molar-refractivity contribution is 6.34.